The van der Waals surface area contributed by atoms with Crippen LogP contribution in [0.25, 0.3) is 0 Å². The van der Waals surface area contributed by atoms with Crippen LogP contribution in [0.1, 0.15) is 26.7 Å². The first-order valence-electron chi connectivity index (χ1n) is 6.86. The summed E-state index contributed by atoms with van der Waals surface area (Å²) >= 11 is 0. The van der Waals surface area contributed by atoms with E-state index in [0.717, 1.165) is 12.8 Å². The summed E-state index contributed by atoms with van der Waals surface area (Å²) in [5.41, 5.74) is 5.52. The molecule has 1 amide bonds. The highest BCUT2D eigenvalue weighted by Gasteiger charge is 2.26. The first kappa shape index (κ1) is 18.7. The number of rotatable bonds is 11. The van der Waals surface area contributed by atoms with Gasteiger partial charge >= 0.3 is 0 Å². The van der Waals surface area contributed by atoms with Crippen molar-refractivity contribution in [1.29, 1.82) is 0 Å². The number of nitrogens with zero attached hydrogens (tertiary/aromatic N) is 1. The Morgan fingerprint density at radius 2 is 2.00 bits per heavy atom. The zero-order chi connectivity index (χ0) is 15.4. The summed E-state index contributed by atoms with van der Waals surface area (Å²) in [4.78, 5) is 11.9. The van der Waals surface area contributed by atoms with E-state index in [0.29, 0.717) is 26.4 Å². The van der Waals surface area contributed by atoms with Crippen molar-refractivity contribution in [2.45, 2.75) is 26.7 Å². The fourth-order valence-corrected chi connectivity index (χ4v) is 1.74. The Hall–Kier alpha value is -1.34. The number of nitrogens with one attached hydrogen (secondary N) is 1. The fourth-order valence-electron chi connectivity index (χ4n) is 1.74. The van der Waals surface area contributed by atoms with E-state index in [2.05, 4.69) is 10.5 Å². The number of carbonyl (C=O) groups excluding carboxylic acids is 1. The molecule has 1 atom stereocenters. The zero-order valence-electron chi connectivity index (χ0n) is 12.6. The molecule has 118 valence electrons. The molecule has 4 N–H and O–H groups in total. The van der Waals surface area contributed by atoms with E-state index in [9.17, 15) is 4.79 Å². The smallest absolute Gasteiger partial charge is 0.231 e. The van der Waals surface area contributed by atoms with Gasteiger partial charge in [0.2, 0.25) is 5.91 Å². The summed E-state index contributed by atoms with van der Waals surface area (Å²) in [5.74, 6) is -0.891. The monoisotopic (exact) mass is 289 g/mol. The van der Waals surface area contributed by atoms with Crippen LogP contribution in [0.3, 0.4) is 0 Å². The van der Waals surface area contributed by atoms with Gasteiger partial charge in [0.15, 0.2) is 5.84 Å². The summed E-state index contributed by atoms with van der Waals surface area (Å²) < 4.78 is 10.2. The largest absolute Gasteiger partial charge is 0.409 e. The molecule has 0 saturated carbocycles. The molecule has 0 radical (unpaired) electrons. The van der Waals surface area contributed by atoms with Crippen LogP contribution < -0.4 is 11.1 Å². The molecule has 7 heteroatoms. The molecular weight excluding hydrogens is 262 g/mol. The van der Waals surface area contributed by atoms with Gasteiger partial charge in [-0.2, -0.15) is 0 Å². The van der Waals surface area contributed by atoms with Crippen LogP contribution in [0.15, 0.2) is 5.16 Å². The van der Waals surface area contributed by atoms with E-state index in [4.69, 9.17) is 20.4 Å². The van der Waals surface area contributed by atoms with Crippen LogP contribution >= 0.6 is 0 Å². The van der Waals surface area contributed by atoms with Gasteiger partial charge in [-0.1, -0.05) is 19.0 Å². The number of ether oxygens (including phenoxy) is 2. The Morgan fingerprint density at radius 1 is 1.30 bits per heavy atom. The van der Waals surface area contributed by atoms with Crippen LogP contribution in [-0.2, 0) is 14.3 Å². The van der Waals surface area contributed by atoms with Crippen LogP contribution in [0.4, 0.5) is 0 Å². The molecule has 20 heavy (non-hydrogen) atoms. The maximum absolute atomic E-state index is 11.9. The minimum absolute atomic E-state index is 0.0247. The third kappa shape index (κ3) is 7.96. The molecule has 0 aliphatic heterocycles. The van der Waals surface area contributed by atoms with Crippen LogP contribution in [0.5, 0.6) is 0 Å². The van der Waals surface area contributed by atoms with E-state index in [1.165, 1.54) is 0 Å². The molecule has 0 aromatic rings. The highest BCUT2D eigenvalue weighted by molar-refractivity contribution is 6.02. The number of oxime groups is 1. The van der Waals surface area contributed by atoms with E-state index in [1.807, 2.05) is 13.8 Å². The molecular formula is C13H27N3O4. The number of carbonyl (C=O) groups is 1. The third-order valence-corrected chi connectivity index (χ3v) is 2.83. The third-order valence-electron chi connectivity index (χ3n) is 2.83. The van der Waals surface area contributed by atoms with Gasteiger partial charge in [0.1, 0.15) is 5.92 Å². The van der Waals surface area contributed by atoms with Gasteiger partial charge in [-0.25, -0.2) is 0 Å². The second-order valence-electron chi connectivity index (χ2n) is 4.85. The minimum Gasteiger partial charge on any atom is -0.409 e. The number of methoxy groups -OCH3 is 1. The van der Waals surface area contributed by atoms with Crippen molar-refractivity contribution in [2.24, 2.45) is 22.7 Å². The predicted molar refractivity (Wildman–Crippen MR) is 76.7 cm³/mol. The van der Waals surface area contributed by atoms with Gasteiger partial charge in [0.05, 0.1) is 13.2 Å². The van der Waals surface area contributed by atoms with Gasteiger partial charge in [-0.3, -0.25) is 4.79 Å². The second-order valence-corrected chi connectivity index (χ2v) is 4.85. The van der Waals surface area contributed by atoms with E-state index < -0.39 is 5.92 Å². The lowest BCUT2D eigenvalue weighted by molar-refractivity contribution is -0.124. The number of hydrogen-bond donors (Lipinski definition) is 3. The SMILES string of the molecule is COCCOCCCCNC(=O)C(C(N)=NO)C(C)C. The number of nitrogens with two attached hydrogens (primary N) is 1. The van der Waals surface area contributed by atoms with Crippen molar-refractivity contribution in [2.75, 3.05) is 33.5 Å². The number of amidine groups is 1. The van der Waals surface area contributed by atoms with Crippen molar-refractivity contribution < 1.29 is 19.5 Å². The topological polar surface area (TPSA) is 106 Å². The molecule has 0 spiro atoms. The summed E-state index contributed by atoms with van der Waals surface area (Å²) in [5, 5.41) is 14.4. The summed E-state index contributed by atoms with van der Waals surface area (Å²) in [6.45, 7) is 6.08. The number of unbranched alkanes of at least 4 members (excludes halogenated alkanes) is 1. The molecule has 1 unspecified atom stereocenters. The number of hydrogen-bond acceptors (Lipinski definition) is 5. The molecule has 0 bridgehead atoms. The Labute approximate surface area is 120 Å². The maximum Gasteiger partial charge on any atom is 0.231 e. The van der Waals surface area contributed by atoms with Crippen LogP contribution in [0.2, 0.25) is 0 Å². The van der Waals surface area contributed by atoms with E-state index in [1.54, 1.807) is 7.11 Å². The van der Waals surface area contributed by atoms with Gasteiger partial charge < -0.3 is 25.7 Å². The fraction of sp³-hybridized carbons (Fsp3) is 0.846. The average Bonchev–Trinajstić information content (AvgIpc) is 2.41. The highest BCUT2D eigenvalue weighted by atomic mass is 16.5. The highest BCUT2D eigenvalue weighted by Crippen LogP contribution is 2.11. The maximum atomic E-state index is 11.9. The molecule has 0 aromatic carbocycles. The Balaban J connectivity index is 3.81. The van der Waals surface area contributed by atoms with Gasteiger partial charge in [0.25, 0.3) is 0 Å². The quantitative estimate of drug-likeness (QED) is 0.169. The standard InChI is InChI=1S/C13H27N3O4/c1-10(2)11(12(14)16-18)13(17)15-6-4-5-7-20-9-8-19-3/h10-11,18H,4-9H2,1-3H3,(H2,14,16)(H,15,17). The second kappa shape index (κ2) is 11.5. The summed E-state index contributed by atoms with van der Waals surface area (Å²) in [6, 6.07) is 0. The van der Waals surface area contributed by atoms with Gasteiger partial charge in [-0.15, -0.1) is 0 Å². The molecule has 0 aliphatic rings. The normalized spacial score (nSPS) is 13.5. The summed E-state index contributed by atoms with van der Waals surface area (Å²) in [6.07, 6.45) is 1.68. The number of amides is 1. The van der Waals surface area contributed by atoms with Gasteiger partial charge in [-0.05, 0) is 18.8 Å². The lowest BCUT2D eigenvalue weighted by Crippen LogP contribution is -2.42. The molecule has 0 heterocycles. The van der Waals surface area contributed by atoms with Crippen molar-refractivity contribution in [3.05, 3.63) is 0 Å². The lowest BCUT2D eigenvalue weighted by Gasteiger charge is -2.18. The molecule has 0 saturated heterocycles. The van der Waals surface area contributed by atoms with E-state index >= 15 is 0 Å². The molecule has 0 fully saturated rings. The Morgan fingerprint density at radius 3 is 2.55 bits per heavy atom. The first-order chi connectivity index (χ1) is 9.54. The van der Waals surface area contributed by atoms with E-state index in [-0.39, 0.29) is 17.7 Å². The minimum atomic E-state index is -0.599. The average molecular weight is 289 g/mol. The summed E-state index contributed by atoms with van der Waals surface area (Å²) in [7, 11) is 1.63. The van der Waals surface area contributed by atoms with Crippen molar-refractivity contribution >= 4 is 11.7 Å². The van der Waals surface area contributed by atoms with Crippen molar-refractivity contribution in [1.82, 2.24) is 5.32 Å². The lowest BCUT2D eigenvalue weighted by atomic mass is 9.94. The van der Waals surface area contributed by atoms with Crippen LogP contribution in [-0.4, -0.2) is 50.4 Å². The Bertz CT molecular complexity index is 295. The van der Waals surface area contributed by atoms with Crippen LogP contribution in [0, 0.1) is 11.8 Å². The molecule has 0 aromatic heterocycles. The molecule has 7 nitrogen and oxygen atoms in total. The predicted octanol–water partition coefficient (Wildman–Crippen LogP) is 0.564. The van der Waals surface area contributed by atoms with Crippen molar-refractivity contribution in [3.63, 3.8) is 0 Å². The first-order valence-corrected chi connectivity index (χ1v) is 6.86. The molecule has 0 rings (SSSR count). The van der Waals surface area contributed by atoms with Gasteiger partial charge in [0, 0.05) is 20.3 Å². The zero-order valence-corrected chi connectivity index (χ0v) is 12.6. The van der Waals surface area contributed by atoms with Crippen molar-refractivity contribution in [3.8, 4) is 0 Å². The Kier molecular flexibility index (Phi) is 10.7. The molecule has 0 aliphatic carbocycles.